The molecular formula is C28H23F3N2O4. The van der Waals surface area contributed by atoms with Crippen LogP contribution < -0.4 is 10.2 Å². The highest BCUT2D eigenvalue weighted by Gasteiger charge is 2.21. The van der Waals surface area contributed by atoms with Gasteiger partial charge in [0.1, 0.15) is 18.4 Å². The molecule has 0 unspecified atom stereocenters. The molecule has 0 saturated carbocycles. The first kappa shape index (κ1) is 27.0. The lowest BCUT2D eigenvalue weighted by atomic mass is 9.97. The predicted molar refractivity (Wildman–Crippen MR) is 133 cm³/mol. The second kappa shape index (κ2) is 11.9. The number of hydrogen-bond acceptors (Lipinski definition) is 5. The van der Waals surface area contributed by atoms with Crippen LogP contribution >= 0.6 is 0 Å². The third kappa shape index (κ3) is 6.98. The van der Waals surface area contributed by atoms with Crippen LogP contribution in [-0.2, 0) is 11.3 Å². The summed E-state index contributed by atoms with van der Waals surface area (Å²) in [6, 6.07) is 12.8. The maximum atomic E-state index is 13.5. The Morgan fingerprint density at radius 3 is 2.35 bits per heavy atom. The molecule has 6 nitrogen and oxygen atoms in total. The molecule has 0 aliphatic rings. The zero-order valence-corrected chi connectivity index (χ0v) is 19.9. The van der Waals surface area contributed by atoms with Crippen LogP contribution in [0.15, 0.2) is 84.5 Å². The molecule has 3 aromatic rings. The Morgan fingerprint density at radius 2 is 1.76 bits per heavy atom. The third-order valence-electron chi connectivity index (χ3n) is 5.18. The smallest absolute Gasteiger partial charge is 0.409 e. The average molecular weight is 508 g/mol. The molecule has 0 fully saturated rings. The molecule has 0 aliphatic carbocycles. The number of ether oxygens (including phenoxy) is 2. The first-order valence-corrected chi connectivity index (χ1v) is 11.2. The number of aromatic nitrogens is 1. The van der Waals surface area contributed by atoms with Crippen LogP contribution in [0.4, 0.5) is 13.2 Å². The van der Waals surface area contributed by atoms with Gasteiger partial charge >= 0.3 is 12.1 Å². The lowest BCUT2D eigenvalue weighted by Crippen LogP contribution is -2.14. The Kier molecular flexibility index (Phi) is 8.69. The van der Waals surface area contributed by atoms with E-state index in [9.17, 15) is 28.0 Å². The summed E-state index contributed by atoms with van der Waals surface area (Å²) < 4.78 is 48.8. The predicted octanol–water partition coefficient (Wildman–Crippen LogP) is 5.91. The Hall–Kier alpha value is -4.58. The Bertz CT molecular complexity index is 1420. The highest BCUT2D eigenvalue weighted by atomic mass is 19.4. The molecule has 1 heterocycles. The standard InChI is InChI=1S/C28H23F3N2O4/c1-3-13-33-17-24(19-8-10-22(11-9-19)37-14-5-12-28(29,30)31)26(34)25(18-33)20-6-7-21(16-32)23(15-20)27(35)36-4-2/h3,5-12,15,17-18H,1,4,13-14H2,2H3. The van der Waals surface area contributed by atoms with Gasteiger partial charge in [-0.15, -0.1) is 6.58 Å². The van der Waals surface area contributed by atoms with E-state index in [0.717, 1.165) is 6.08 Å². The van der Waals surface area contributed by atoms with Crippen molar-refractivity contribution >= 4 is 5.97 Å². The molecule has 0 spiro atoms. The zero-order chi connectivity index (χ0) is 27.0. The van der Waals surface area contributed by atoms with Crippen molar-refractivity contribution in [2.24, 2.45) is 0 Å². The van der Waals surface area contributed by atoms with Gasteiger partial charge in [-0.1, -0.05) is 24.3 Å². The van der Waals surface area contributed by atoms with Crippen molar-refractivity contribution in [2.45, 2.75) is 19.6 Å². The molecule has 0 saturated heterocycles. The fourth-order valence-corrected chi connectivity index (χ4v) is 3.54. The molecule has 190 valence electrons. The maximum Gasteiger partial charge on any atom is 0.409 e. The summed E-state index contributed by atoms with van der Waals surface area (Å²) >= 11 is 0. The number of nitriles is 1. The fourth-order valence-electron chi connectivity index (χ4n) is 3.54. The SMILES string of the molecule is C=CCn1cc(-c2ccc(OCC=CC(F)(F)F)cc2)c(=O)c(-c2ccc(C#N)c(C(=O)OCC)c2)c1. The Labute approximate surface area is 211 Å². The van der Waals surface area contributed by atoms with Crippen LogP contribution in [-0.4, -0.2) is 29.9 Å². The molecule has 1 aromatic heterocycles. The molecule has 2 aromatic carbocycles. The lowest BCUT2D eigenvalue weighted by molar-refractivity contribution is -0.0801. The van der Waals surface area contributed by atoms with Gasteiger partial charge < -0.3 is 14.0 Å². The maximum absolute atomic E-state index is 13.5. The summed E-state index contributed by atoms with van der Waals surface area (Å²) in [7, 11) is 0. The summed E-state index contributed by atoms with van der Waals surface area (Å²) in [6.07, 6.45) is 1.51. The van der Waals surface area contributed by atoms with Crippen molar-refractivity contribution in [2.75, 3.05) is 13.2 Å². The molecule has 0 atom stereocenters. The van der Waals surface area contributed by atoms with E-state index in [1.807, 2.05) is 6.07 Å². The van der Waals surface area contributed by atoms with E-state index in [4.69, 9.17) is 9.47 Å². The number of halogens is 3. The molecular weight excluding hydrogens is 485 g/mol. The van der Waals surface area contributed by atoms with Crippen molar-refractivity contribution in [3.63, 3.8) is 0 Å². The summed E-state index contributed by atoms with van der Waals surface area (Å²) in [4.78, 5) is 25.9. The minimum atomic E-state index is -4.41. The van der Waals surface area contributed by atoms with E-state index in [0.29, 0.717) is 34.5 Å². The number of alkyl halides is 3. The molecule has 0 bridgehead atoms. The average Bonchev–Trinajstić information content (AvgIpc) is 2.87. The summed E-state index contributed by atoms with van der Waals surface area (Å²) in [5.74, 6) is -0.326. The van der Waals surface area contributed by atoms with Crippen LogP contribution in [0.3, 0.4) is 0 Å². The van der Waals surface area contributed by atoms with E-state index < -0.39 is 12.1 Å². The van der Waals surface area contributed by atoms with E-state index in [2.05, 4.69) is 6.58 Å². The highest BCUT2D eigenvalue weighted by Crippen LogP contribution is 2.26. The minimum absolute atomic E-state index is 0.0583. The normalized spacial score (nSPS) is 11.2. The van der Waals surface area contributed by atoms with Gasteiger partial charge in [0.05, 0.1) is 17.7 Å². The van der Waals surface area contributed by atoms with E-state index in [1.165, 1.54) is 12.1 Å². The van der Waals surface area contributed by atoms with E-state index >= 15 is 0 Å². The molecule has 3 rings (SSSR count). The number of allylic oxidation sites excluding steroid dienone is 2. The molecule has 9 heteroatoms. The van der Waals surface area contributed by atoms with Gasteiger partial charge in [-0.3, -0.25) is 4.79 Å². The van der Waals surface area contributed by atoms with Gasteiger partial charge in [0.25, 0.3) is 0 Å². The van der Waals surface area contributed by atoms with Crippen molar-refractivity contribution in [3.8, 4) is 34.1 Å². The largest absolute Gasteiger partial charge is 0.490 e. The summed E-state index contributed by atoms with van der Waals surface area (Å²) in [5, 5.41) is 9.39. The van der Waals surface area contributed by atoms with Gasteiger partial charge in [0.2, 0.25) is 0 Å². The number of pyridine rings is 1. The van der Waals surface area contributed by atoms with Crippen LogP contribution in [0, 0.1) is 11.3 Å². The number of carbonyl (C=O) groups excluding carboxylic acids is 1. The number of carbonyl (C=O) groups is 1. The highest BCUT2D eigenvalue weighted by molar-refractivity contribution is 5.94. The van der Waals surface area contributed by atoms with Gasteiger partial charge in [0.15, 0.2) is 5.43 Å². The molecule has 0 aliphatic heterocycles. The lowest BCUT2D eigenvalue weighted by Gasteiger charge is -2.13. The number of hydrogen-bond donors (Lipinski definition) is 0. The van der Waals surface area contributed by atoms with Crippen LogP contribution in [0.2, 0.25) is 0 Å². The van der Waals surface area contributed by atoms with Crippen molar-refractivity contribution < 1.29 is 27.4 Å². The van der Waals surface area contributed by atoms with Gasteiger partial charge in [-0.05, 0) is 48.4 Å². The van der Waals surface area contributed by atoms with Gasteiger partial charge in [-0.2, -0.15) is 18.4 Å². The van der Waals surface area contributed by atoms with Crippen molar-refractivity contribution in [3.05, 3.63) is 101 Å². The molecule has 0 amide bonds. The molecule has 0 N–H and O–H groups in total. The molecule has 37 heavy (non-hydrogen) atoms. The number of benzene rings is 2. The first-order valence-electron chi connectivity index (χ1n) is 11.2. The van der Waals surface area contributed by atoms with Crippen molar-refractivity contribution in [1.82, 2.24) is 4.57 Å². The number of rotatable bonds is 9. The van der Waals surface area contributed by atoms with Gasteiger partial charge in [0, 0.05) is 36.1 Å². The van der Waals surface area contributed by atoms with Crippen LogP contribution in [0.1, 0.15) is 22.8 Å². The Morgan fingerprint density at radius 1 is 1.11 bits per heavy atom. The number of nitrogens with zero attached hydrogens (tertiary/aromatic N) is 2. The zero-order valence-electron chi connectivity index (χ0n) is 19.9. The molecule has 0 radical (unpaired) electrons. The van der Waals surface area contributed by atoms with Gasteiger partial charge in [-0.25, -0.2) is 4.79 Å². The second-order valence-electron chi connectivity index (χ2n) is 7.77. The monoisotopic (exact) mass is 508 g/mol. The quantitative estimate of drug-likeness (QED) is 0.265. The first-order chi connectivity index (χ1) is 17.7. The van der Waals surface area contributed by atoms with Crippen LogP contribution in [0.5, 0.6) is 5.75 Å². The van der Waals surface area contributed by atoms with Crippen molar-refractivity contribution in [1.29, 1.82) is 5.26 Å². The minimum Gasteiger partial charge on any atom is -0.490 e. The van der Waals surface area contributed by atoms with E-state index in [-0.39, 0.29) is 35.8 Å². The summed E-state index contributed by atoms with van der Waals surface area (Å²) in [6.45, 7) is 5.66. The topological polar surface area (TPSA) is 81.3 Å². The second-order valence-corrected chi connectivity index (χ2v) is 7.77. The van der Waals surface area contributed by atoms with E-state index in [1.54, 1.807) is 60.3 Å². The third-order valence-corrected chi connectivity index (χ3v) is 5.18. The fraction of sp³-hybridized carbons (Fsp3) is 0.179. The number of esters is 1. The summed E-state index contributed by atoms with van der Waals surface area (Å²) in [5.41, 5.74) is 1.51. The van der Waals surface area contributed by atoms with Crippen LogP contribution in [0.25, 0.3) is 22.3 Å². The Balaban J connectivity index is 2.01.